The Hall–Kier alpha value is -1.72. The van der Waals surface area contributed by atoms with Crippen LogP contribution in [0.25, 0.3) is 0 Å². The fourth-order valence-electron chi connectivity index (χ4n) is 1.03. The number of aryl methyl sites for hydroxylation is 1. The van der Waals surface area contributed by atoms with Gasteiger partial charge in [-0.15, -0.1) is 13.2 Å². The molecule has 0 aromatic heterocycles. The first-order valence-corrected chi connectivity index (χ1v) is 3.89. The summed E-state index contributed by atoms with van der Waals surface area (Å²) >= 11 is 0. The number of aromatic carboxylic acids is 1. The van der Waals surface area contributed by atoms with E-state index in [1.807, 2.05) is 0 Å². The van der Waals surface area contributed by atoms with Gasteiger partial charge in [0.1, 0.15) is 5.75 Å². The van der Waals surface area contributed by atoms with Crippen molar-refractivity contribution in [1.82, 2.24) is 0 Å². The van der Waals surface area contributed by atoms with Gasteiger partial charge in [-0.05, 0) is 24.6 Å². The first kappa shape index (κ1) is 11.4. The van der Waals surface area contributed by atoms with Crippen LogP contribution in [-0.4, -0.2) is 17.4 Å². The normalized spacial score (nSPS) is 11.2. The summed E-state index contributed by atoms with van der Waals surface area (Å²) in [5.74, 6) is -1.83. The van der Waals surface area contributed by atoms with E-state index in [1.165, 1.54) is 13.0 Å². The molecule has 82 valence electrons. The Morgan fingerprint density at radius 2 is 2.00 bits per heavy atom. The molecule has 0 aliphatic rings. The molecule has 1 rings (SSSR count). The molecule has 0 unspecified atom stereocenters. The Kier molecular flexibility index (Phi) is 2.88. The molecule has 15 heavy (non-hydrogen) atoms. The summed E-state index contributed by atoms with van der Waals surface area (Å²) in [4.78, 5) is 10.6. The van der Waals surface area contributed by atoms with Crippen LogP contribution in [-0.2, 0) is 0 Å². The van der Waals surface area contributed by atoms with Gasteiger partial charge < -0.3 is 9.84 Å². The second-order valence-corrected chi connectivity index (χ2v) is 2.83. The molecule has 0 heterocycles. The predicted molar refractivity (Wildman–Crippen MR) is 44.8 cm³/mol. The second-order valence-electron chi connectivity index (χ2n) is 2.83. The van der Waals surface area contributed by atoms with E-state index in [9.17, 15) is 18.0 Å². The maximum absolute atomic E-state index is 11.8. The molecule has 0 fully saturated rings. The number of carboxylic acids is 1. The van der Waals surface area contributed by atoms with Gasteiger partial charge in [0, 0.05) is 0 Å². The van der Waals surface area contributed by atoms with Crippen LogP contribution in [0.3, 0.4) is 0 Å². The second kappa shape index (κ2) is 3.80. The van der Waals surface area contributed by atoms with E-state index in [2.05, 4.69) is 4.74 Å². The third-order valence-electron chi connectivity index (χ3n) is 1.67. The highest BCUT2D eigenvalue weighted by molar-refractivity contribution is 5.89. The van der Waals surface area contributed by atoms with Crippen LogP contribution in [0.15, 0.2) is 18.2 Å². The number of benzene rings is 1. The lowest BCUT2D eigenvalue weighted by Gasteiger charge is -2.10. The van der Waals surface area contributed by atoms with Crippen LogP contribution in [0.4, 0.5) is 13.2 Å². The molecule has 0 saturated heterocycles. The van der Waals surface area contributed by atoms with Crippen LogP contribution in [0.2, 0.25) is 0 Å². The van der Waals surface area contributed by atoms with Crippen molar-refractivity contribution >= 4 is 5.97 Å². The average Bonchev–Trinajstić information content (AvgIpc) is 2.05. The minimum atomic E-state index is -4.81. The van der Waals surface area contributed by atoms with Crippen LogP contribution in [0.1, 0.15) is 15.9 Å². The number of hydrogen-bond acceptors (Lipinski definition) is 2. The van der Waals surface area contributed by atoms with E-state index < -0.39 is 18.1 Å². The molecule has 0 aliphatic carbocycles. The van der Waals surface area contributed by atoms with Gasteiger partial charge in [0.05, 0.1) is 5.56 Å². The van der Waals surface area contributed by atoms with Gasteiger partial charge in [-0.2, -0.15) is 0 Å². The fourth-order valence-corrected chi connectivity index (χ4v) is 1.03. The maximum atomic E-state index is 11.8. The lowest BCUT2D eigenvalue weighted by atomic mass is 10.1. The number of rotatable bonds is 2. The van der Waals surface area contributed by atoms with Gasteiger partial charge in [-0.3, -0.25) is 0 Å². The average molecular weight is 220 g/mol. The lowest BCUT2D eigenvalue weighted by molar-refractivity contribution is -0.274. The molecule has 1 N–H and O–H groups in total. The van der Waals surface area contributed by atoms with E-state index in [0.29, 0.717) is 5.56 Å². The molecule has 1 aromatic carbocycles. The van der Waals surface area contributed by atoms with Gasteiger partial charge >= 0.3 is 12.3 Å². The zero-order valence-corrected chi connectivity index (χ0v) is 7.63. The van der Waals surface area contributed by atoms with Crippen LogP contribution in [0.5, 0.6) is 5.75 Å². The number of carbonyl (C=O) groups is 1. The monoisotopic (exact) mass is 220 g/mol. The van der Waals surface area contributed by atoms with E-state index in [1.54, 1.807) is 0 Å². The summed E-state index contributed by atoms with van der Waals surface area (Å²) < 4.78 is 39.0. The standard InChI is InChI=1S/C9H7F3O3/c1-5-2-3-6(15-9(10,11)12)4-7(5)8(13)14/h2-4H,1H3,(H,13,14). The molecular formula is C9H7F3O3. The number of alkyl halides is 3. The van der Waals surface area contributed by atoms with Gasteiger partial charge in [-0.25, -0.2) is 4.79 Å². The van der Waals surface area contributed by atoms with Crippen molar-refractivity contribution in [1.29, 1.82) is 0 Å². The van der Waals surface area contributed by atoms with Gasteiger partial charge in [0.15, 0.2) is 0 Å². The number of hydrogen-bond donors (Lipinski definition) is 1. The highest BCUT2D eigenvalue weighted by Crippen LogP contribution is 2.24. The minimum Gasteiger partial charge on any atom is -0.478 e. The number of carboxylic acid groups (broad SMARTS) is 1. The summed E-state index contributed by atoms with van der Waals surface area (Å²) in [6.45, 7) is 1.49. The summed E-state index contributed by atoms with van der Waals surface area (Å²) in [6, 6.07) is 3.16. The molecule has 0 spiro atoms. The molecule has 1 aromatic rings. The molecule has 0 amide bonds. The highest BCUT2D eigenvalue weighted by atomic mass is 19.4. The Bertz CT molecular complexity index is 385. The van der Waals surface area contributed by atoms with E-state index in [-0.39, 0.29) is 5.56 Å². The van der Waals surface area contributed by atoms with E-state index >= 15 is 0 Å². The van der Waals surface area contributed by atoms with Crippen molar-refractivity contribution in [3.63, 3.8) is 0 Å². The molecule has 0 bridgehead atoms. The zero-order chi connectivity index (χ0) is 11.6. The lowest BCUT2D eigenvalue weighted by Crippen LogP contribution is -2.17. The topological polar surface area (TPSA) is 46.5 Å². The minimum absolute atomic E-state index is 0.211. The van der Waals surface area contributed by atoms with Gasteiger partial charge in [0.2, 0.25) is 0 Å². The molecule has 0 saturated carbocycles. The van der Waals surface area contributed by atoms with Crippen LogP contribution in [0, 0.1) is 6.92 Å². The first-order valence-electron chi connectivity index (χ1n) is 3.89. The van der Waals surface area contributed by atoms with E-state index in [0.717, 1.165) is 12.1 Å². The summed E-state index contributed by atoms with van der Waals surface area (Å²) in [6.07, 6.45) is -4.81. The molecular weight excluding hydrogens is 213 g/mol. The fraction of sp³-hybridized carbons (Fsp3) is 0.222. The SMILES string of the molecule is Cc1ccc(OC(F)(F)F)cc1C(=O)O. The van der Waals surface area contributed by atoms with Crippen LogP contribution >= 0.6 is 0 Å². The van der Waals surface area contributed by atoms with Crippen molar-refractivity contribution in [2.75, 3.05) is 0 Å². The molecule has 0 aliphatic heterocycles. The van der Waals surface area contributed by atoms with Crippen molar-refractivity contribution in [3.05, 3.63) is 29.3 Å². The third-order valence-corrected chi connectivity index (χ3v) is 1.67. The molecule has 0 atom stereocenters. The predicted octanol–water partition coefficient (Wildman–Crippen LogP) is 2.59. The van der Waals surface area contributed by atoms with Crippen LogP contribution < -0.4 is 4.74 Å². The zero-order valence-electron chi connectivity index (χ0n) is 7.63. The Labute approximate surface area is 83.1 Å². The molecule has 3 nitrogen and oxygen atoms in total. The summed E-state index contributed by atoms with van der Waals surface area (Å²) in [7, 11) is 0. The molecule has 6 heteroatoms. The number of ether oxygens (including phenoxy) is 1. The smallest absolute Gasteiger partial charge is 0.478 e. The highest BCUT2D eigenvalue weighted by Gasteiger charge is 2.31. The van der Waals surface area contributed by atoms with Gasteiger partial charge in [-0.1, -0.05) is 6.07 Å². The van der Waals surface area contributed by atoms with Crippen molar-refractivity contribution in [3.8, 4) is 5.75 Å². The maximum Gasteiger partial charge on any atom is 0.573 e. The van der Waals surface area contributed by atoms with Crippen molar-refractivity contribution in [2.45, 2.75) is 13.3 Å². The first-order chi connectivity index (χ1) is 6.79. The quantitative estimate of drug-likeness (QED) is 0.833. The van der Waals surface area contributed by atoms with Crippen molar-refractivity contribution in [2.24, 2.45) is 0 Å². The largest absolute Gasteiger partial charge is 0.573 e. The summed E-state index contributed by atoms with van der Waals surface area (Å²) in [5, 5.41) is 8.65. The Morgan fingerprint density at radius 3 is 2.47 bits per heavy atom. The molecule has 0 radical (unpaired) electrons. The van der Waals surface area contributed by atoms with E-state index in [4.69, 9.17) is 5.11 Å². The summed E-state index contributed by atoms with van der Waals surface area (Å²) in [5.41, 5.74) is 0.161. The third kappa shape index (κ3) is 3.16. The number of halogens is 3. The Balaban J connectivity index is 3.03. The van der Waals surface area contributed by atoms with Gasteiger partial charge in [0.25, 0.3) is 0 Å². The Morgan fingerprint density at radius 1 is 1.40 bits per heavy atom. The van der Waals surface area contributed by atoms with Crippen molar-refractivity contribution < 1.29 is 27.8 Å².